The minimum absolute atomic E-state index is 0.0482. The summed E-state index contributed by atoms with van der Waals surface area (Å²) >= 11 is 7.56. The number of nitrogens with zero attached hydrogens (tertiary/aromatic N) is 2. The number of carbonyl (C=O) groups excluding carboxylic acids is 3. The van der Waals surface area contributed by atoms with Gasteiger partial charge in [-0.3, -0.25) is 19.7 Å². The number of hydrogen-bond acceptors (Lipinski definition) is 10. The highest BCUT2D eigenvalue weighted by molar-refractivity contribution is 8.23. The van der Waals surface area contributed by atoms with Gasteiger partial charge in [-0.1, -0.05) is 6.92 Å². The standard InChI is InChI=1S/C19H23N3O7S3/c1-3-31-15-10-21(16(15)24)17(32-19(30)28-9-8-20-12(2)23)18(25)29-11-13-4-6-14(7-5-13)22(26)27/h4-7,15,17H,3,8-11H2,1-2H3,(H,20,23). The fourth-order valence-electron chi connectivity index (χ4n) is 2.62. The molecule has 1 aromatic carbocycles. The van der Waals surface area contributed by atoms with Gasteiger partial charge in [-0.15, -0.1) is 11.8 Å². The van der Waals surface area contributed by atoms with Crippen LogP contribution < -0.4 is 5.32 Å². The van der Waals surface area contributed by atoms with Crippen LogP contribution in [0.5, 0.6) is 0 Å². The highest BCUT2D eigenvalue weighted by Gasteiger charge is 2.45. The molecule has 2 rings (SSSR count). The van der Waals surface area contributed by atoms with Gasteiger partial charge < -0.3 is 19.7 Å². The molecule has 1 aliphatic rings. The molecule has 1 heterocycles. The number of amides is 2. The van der Waals surface area contributed by atoms with Gasteiger partial charge in [0.2, 0.25) is 16.2 Å². The highest BCUT2D eigenvalue weighted by Crippen LogP contribution is 2.31. The quantitative estimate of drug-likeness (QED) is 0.120. The summed E-state index contributed by atoms with van der Waals surface area (Å²) in [5.74, 6) is -0.278. The van der Waals surface area contributed by atoms with Crippen molar-refractivity contribution in [3.63, 3.8) is 0 Å². The number of non-ortho nitro benzene ring substituents is 1. The molecule has 1 aliphatic heterocycles. The number of esters is 1. The molecule has 10 nitrogen and oxygen atoms in total. The number of thioether (sulfide) groups is 2. The summed E-state index contributed by atoms with van der Waals surface area (Å²) in [6, 6.07) is 5.62. The maximum atomic E-state index is 12.8. The molecule has 1 N–H and O–H groups in total. The molecule has 0 radical (unpaired) electrons. The second-order valence-electron chi connectivity index (χ2n) is 6.52. The van der Waals surface area contributed by atoms with Crippen molar-refractivity contribution in [1.29, 1.82) is 0 Å². The number of nitrogens with one attached hydrogen (secondary N) is 1. The zero-order valence-electron chi connectivity index (χ0n) is 17.5. The van der Waals surface area contributed by atoms with Crippen LogP contribution in [0.25, 0.3) is 0 Å². The lowest BCUT2D eigenvalue weighted by atomic mass is 10.2. The van der Waals surface area contributed by atoms with E-state index < -0.39 is 16.3 Å². The van der Waals surface area contributed by atoms with Crippen LogP contribution in [0.3, 0.4) is 0 Å². The maximum Gasteiger partial charge on any atom is 0.340 e. The number of benzene rings is 1. The Morgan fingerprint density at radius 3 is 2.59 bits per heavy atom. The van der Waals surface area contributed by atoms with Crippen molar-refractivity contribution in [2.45, 2.75) is 31.1 Å². The zero-order valence-corrected chi connectivity index (χ0v) is 19.9. The van der Waals surface area contributed by atoms with Gasteiger partial charge in [0.15, 0.2) is 5.37 Å². The predicted molar refractivity (Wildman–Crippen MR) is 125 cm³/mol. The summed E-state index contributed by atoms with van der Waals surface area (Å²) in [6.45, 7) is 3.98. The van der Waals surface area contributed by atoms with E-state index in [4.69, 9.17) is 21.7 Å². The van der Waals surface area contributed by atoms with Crippen LogP contribution in [0.15, 0.2) is 24.3 Å². The second kappa shape index (κ2) is 12.6. The Bertz CT molecular complexity index is 866. The average molecular weight is 502 g/mol. The molecule has 0 bridgehead atoms. The number of β-lactam (4-membered cyclic amide) rings is 1. The number of ether oxygens (including phenoxy) is 2. The first kappa shape index (κ1) is 25.9. The van der Waals surface area contributed by atoms with Gasteiger partial charge in [0, 0.05) is 25.6 Å². The van der Waals surface area contributed by atoms with E-state index in [-0.39, 0.29) is 46.9 Å². The molecule has 0 spiro atoms. The summed E-state index contributed by atoms with van der Waals surface area (Å²) in [5.41, 5.74) is 0.497. The van der Waals surface area contributed by atoms with Gasteiger partial charge in [0.05, 0.1) is 11.5 Å². The molecule has 32 heavy (non-hydrogen) atoms. The smallest absolute Gasteiger partial charge is 0.340 e. The molecular formula is C19H23N3O7S3. The fraction of sp³-hybridized carbons (Fsp3) is 0.474. The van der Waals surface area contributed by atoms with E-state index in [0.29, 0.717) is 12.1 Å². The number of nitro groups is 1. The molecule has 0 aromatic heterocycles. The first-order valence-corrected chi connectivity index (χ1v) is 12.0. The third-order valence-corrected chi connectivity index (χ3v) is 6.68. The molecule has 1 aromatic rings. The van der Waals surface area contributed by atoms with Crippen molar-refractivity contribution in [2.24, 2.45) is 0 Å². The first-order chi connectivity index (χ1) is 15.2. The Morgan fingerprint density at radius 2 is 2.03 bits per heavy atom. The minimum atomic E-state index is -1.01. The Balaban J connectivity index is 1.97. The van der Waals surface area contributed by atoms with Crippen LogP contribution in [0, 0.1) is 10.1 Å². The van der Waals surface area contributed by atoms with E-state index in [2.05, 4.69) is 5.32 Å². The van der Waals surface area contributed by atoms with Crippen LogP contribution in [-0.4, -0.2) is 68.1 Å². The summed E-state index contributed by atoms with van der Waals surface area (Å²) in [7, 11) is 0. The number of hydrogen-bond donors (Lipinski definition) is 1. The molecule has 0 aliphatic carbocycles. The van der Waals surface area contributed by atoms with Gasteiger partial charge in [0.25, 0.3) is 5.69 Å². The molecule has 1 saturated heterocycles. The summed E-state index contributed by atoms with van der Waals surface area (Å²) < 4.78 is 10.8. The van der Waals surface area contributed by atoms with Crippen molar-refractivity contribution in [3.05, 3.63) is 39.9 Å². The number of carbonyl (C=O) groups is 3. The molecule has 1 fully saturated rings. The van der Waals surface area contributed by atoms with Crippen LogP contribution in [0.1, 0.15) is 19.4 Å². The SMILES string of the molecule is CCSC1CN(C(SC(=S)OCCNC(C)=O)C(=O)OCc2ccc([N+](=O)[O-])cc2)C1=O. The van der Waals surface area contributed by atoms with Crippen LogP contribution in [0.4, 0.5) is 5.69 Å². The summed E-state index contributed by atoms with van der Waals surface area (Å²) in [6.07, 6.45) is 0. The topological polar surface area (TPSA) is 128 Å². The number of nitro benzene ring substituents is 1. The molecule has 2 atom stereocenters. The third-order valence-electron chi connectivity index (χ3n) is 4.21. The van der Waals surface area contributed by atoms with E-state index in [1.165, 1.54) is 47.9 Å². The Morgan fingerprint density at radius 1 is 1.34 bits per heavy atom. The van der Waals surface area contributed by atoms with Crippen LogP contribution in [-0.2, 0) is 30.5 Å². The lowest BCUT2D eigenvalue weighted by molar-refractivity contribution is -0.384. The molecular weight excluding hydrogens is 478 g/mol. The van der Waals surface area contributed by atoms with Crippen molar-refractivity contribution in [3.8, 4) is 0 Å². The minimum Gasteiger partial charge on any atom is -0.477 e. The van der Waals surface area contributed by atoms with Gasteiger partial charge in [-0.05, 0) is 47.4 Å². The number of thiocarbonyl (C=S) groups is 1. The molecule has 2 amide bonds. The van der Waals surface area contributed by atoms with Gasteiger partial charge in [-0.2, -0.15) is 0 Å². The molecule has 0 saturated carbocycles. The monoisotopic (exact) mass is 501 g/mol. The summed E-state index contributed by atoms with van der Waals surface area (Å²) in [5, 5.41) is 12.1. The number of rotatable bonds is 11. The van der Waals surface area contributed by atoms with E-state index in [9.17, 15) is 24.5 Å². The first-order valence-electron chi connectivity index (χ1n) is 9.62. The maximum absolute atomic E-state index is 12.8. The molecule has 174 valence electrons. The van der Waals surface area contributed by atoms with Crippen LogP contribution in [0.2, 0.25) is 0 Å². The molecule has 2 unspecified atom stereocenters. The highest BCUT2D eigenvalue weighted by atomic mass is 32.2. The lowest BCUT2D eigenvalue weighted by Gasteiger charge is -2.41. The normalized spacial score (nSPS) is 16.0. The Labute approximate surface area is 198 Å². The van der Waals surface area contributed by atoms with Gasteiger partial charge in [0.1, 0.15) is 18.5 Å². The average Bonchev–Trinajstić information content (AvgIpc) is 2.76. The number of likely N-dealkylation sites (tertiary alicyclic amines) is 1. The van der Waals surface area contributed by atoms with Crippen molar-refractivity contribution >= 4 is 63.6 Å². The largest absolute Gasteiger partial charge is 0.477 e. The predicted octanol–water partition coefficient (Wildman–Crippen LogP) is 2.10. The Kier molecular flexibility index (Phi) is 10.2. The van der Waals surface area contributed by atoms with E-state index in [0.717, 1.165) is 17.5 Å². The van der Waals surface area contributed by atoms with Crippen molar-refractivity contribution in [2.75, 3.05) is 25.4 Å². The van der Waals surface area contributed by atoms with Crippen molar-refractivity contribution in [1.82, 2.24) is 10.2 Å². The van der Waals surface area contributed by atoms with Crippen molar-refractivity contribution < 1.29 is 28.8 Å². The molecule has 13 heteroatoms. The van der Waals surface area contributed by atoms with E-state index >= 15 is 0 Å². The second-order valence-corrected chi connectivity index (χ2v) is 9.68. The van der Waals surface area contributed by atoms with Gasteiger partial charge >= 0.3 is 5.97 Å². The zero-order chi connectivity index (χ0) is 23.7. The van der Waals surface area contributed by atoms with E-state index in [1.54, 1.807) is 0 Å². The lowest BCUT2D eigenvalue weighted by Crippen LogP contribution is -2.60. The summed E-state index contributed by atoms with van der Waals surface area (Å²) in [4.78, 5) is 47.8. The third kappa shape index (κ3) is 7.64. The fourth-order valence-corrected chi connectivity index (χ4v) is 4.74. The van der Waals surface area contributed by atoms with Gasteiger partial charge in [-0.25, -0.2) is 4.79 Å². The van der Waals surface area contributed by atoms with Crippen LogP contribution >= 0.6 is 35.7 Å². The van der Waals surface area contributed by atoms with E-state index in [1.807, 2.05) is 6.92 Å². The Hall–Kier alpha value is -2.38.